The number of carbonyl (C=O) groups excluding carboxylic acids is 1. The third-order valence-corrected chi connectivity index (χ3v) is 2.27. The predicted molar refractivity (Wildman–Crippen MR) is 65.9 cm³/mol. The van der Waals surface area contributed by atoms with Gasteiger partial charge in [0.15, 0.2) is 0 Å². The molecule has 0 aliphatic heterocycles. The average Bonchev–Trinajstić information content (AvgIpc) is 2.22. The molecule has 0 unspecified atom stereocenters. The van der Waals surface area contributed by atoms with Gasteiger partial charge in [-0.05, 0) is 40.6 Å². The van der Waals surface area contributed by atoms with Gasteiger partial charge in [-0.15, -0.1) is 0 Å². The van der Waals surface area contributed by atoms with Crippen LogP contribution in [0.2, 0.25) is 0 Å². The van der Waals surface area contributed by atoms with E-state index >= 15 is 0 Å². The fourth-order valence-electron chi connectivity index (χ4n) is 1.09. The first-order valence-electron chi connectivity index (χ1n) is 4.86. The predicted octanol–water partition coefficient (Wildman–Crippen LogP) is 2.09. The summed E-state index contributed by atoms with van der Waals surface area (Å²) >= 11 is 3.22. The Labute approximate surface area is 103 Å². The molecule has 0 radical (unpaired) electrons. The highest BCUT2D eigenvalue weighted by atomic mass is 79.9. The van der Waals surface area contributed by atoms with Gasteiger partial charge in [-0.1, -0.05) is 6.08 Å². The number of hydrogen-bond donors (Lipinski definition) is 2. The first-order valence-corrected chi connectivity index (χ1v) is 5.65. The zero-order valence-electron chi connectivity index (χ0n) is 8.90. The summed E-state index contributed by atoms with van der Waals surface area (Å²) in [5.74, 6) is 0.0933. The number of amides is 1. The van der Waals surface area contributed by atoms with E-state index in [1.54, 1.807) is 18.2 Å². The van der Waals surface area contributed by atoms with Crippen molar-refractivity contribution in [3.63, 3.8) is 0 Å². The molecule has 0 spiro atoms. The van der Waals surface area contributed by atoms with Gasteiger partial charge < -0.3 is 10.4 Å². The minimum atomic E-state index is -0.0446. The second-order valence-electron chi connectivity index (χ2n) is 3.21. The molecule has 86 valence electrons. The van der Waals surface area contributed by atoms with E-state index in [-0.39, 0.29) is 11.7 Å². The van der Waals surface area contributed by atoms with Crippen molar-refractivity contribution in [2.45, 2.75) is 13.3 Å². The number of pyridine rings is 1. The number of aromatic nitrogens is 1. The Morgan fingerprint density at radius 1 is 1.62 bits per heavy atom. The molecule has 0 atom stereocenters. The summed E-state index contributed by atoms with van der Waals surface area (Å²) in [5.41, 5.74) is 0.511. The van der Waals surface area contributed by atoms with Gasteiger partial charge in [-0.2, -0.15) is 0 Å². The smallest absolute Gasteiger partial charge is 0.216 e. The van der Waals surface area contributed by atoms with Gasteiger partial charge in [0.1, 0.15) is 16.0 Å². The quantitative estimate of drug-likeness (QED) is 0.657. The summed E-state index contributed by atoms with van der Waals surface area (Å²) in [4.78, 5) is 14.7. The van der Waals surface area contributed by atoms with Gasteiger partial charge in [0.05, 0.1) is 0 Å². The van der Waals surface area contributed by atoms with Crippen molar-refractivity contribution >= 4 is 27.9 Å². The second kappa shape index (κ2) is 6.27. The molecule has 0 aliphatic rings. The van der Waals surface area contributed by atoms with E-state index in [4.69, 9.17) is 0 Å². The maximum absolute atomic E-state index is 10.6. The fourth-order valence-corrected chi connectivity index (χ4v) is 1.42. The number of hydrogen-bond acceptors (Lipinski definition) is 3. The molecule has 0 aromatic carbocycles. The molecule has 0 aliphatic carbocycles. The molecule has 0 fully saturated rings. The molecule has 1 aromatic heterocycles. The van der Waals surface area contributed by atoms with E-state index in [1.807, 2.05) is 6.08 Å². The highest BCUT2D eigenvalue weighted by Gasteiger charge is 1.98. The Kier molecular flexibility index (Phi) is 4.98. The number of halogens is 1. The van der Waals surface area contributed by atoms with Gasteiger partial charge in [-0.3, -0.25) is 4.79 Å². The summed E-state index contributed by atoms with van der Waals surface area (Å²) in [5, 5.41) is 12.2. The van der Waals surface area contributed by atoms with Crippen LogP contribution >= 0.6 is 15.9 Å². The van der Waals surface area contributed by atoms with Crippen molar-refractivity contribution in [2.24, 2.45) is 0 Å². The summed E-state index contributed by atoms with van der Waals surface area (Å²) in [6.45, 7) is 2.06. The number of nitrogens with zero attached hydrogens (tertiary/aromatic N) is 1. The van der Waals surface area contributed by atoms with Crippen molar-refractivity contribution in [1.29, 1.82) is 0 Å². The molecule has 2 N–H and O–H groups in total. The summed E-state index contributed by atoms with van der Waals surface area (Å²) in [6.07, 6.45) is 4.28. The molecule has 0 saturated carbocycles. The zero-order chi connectivity index (χ0) is 12.0. The van der Waals surface area contributed by atoms with Crippen LogP contribution in [-0.4, -0.2) is 22.5 Å². The Morgan fingerprint density at radius 3 is 3.06 bits per heavy atom. The maximum Gasteiger partial charge on any atom is 0.216 e. The van der Waals surface area contributed by atoms with Crippen molar-refractivity contribution in [3.05, 3.63) is 28.5 Å². The highest BCUT2D eigenvalue weighted by molar-refractivity contribution is 9.10. The molecule has 1 rings (SSSR count). The topological polar surface area (TPSA) is 62.2 Å². The lowest BCUT2D eigenvalue weighted by Crippen LogP contribution is -2.20. The van der Waals surface area contributed by atoms with Gasteiger partial charge in [0.25, 0.3) is 0 Å². The maximum atomic E-state index is 10.6. The Bertz CT molecular complexity index is 405. The number of carbonyl (C=O) groups is 1. The first-order chi connectivity index (χ1) is 7.59. The van der Waals surface area contributed by atoms with Crippen LogP contribution in [0.4, 0.5) is 0 Å². The van der Waals surface area contributed by atoms with Gasteiger partial charge in [-0.25, -0.2) is 4.98 Å². The van der Waals surface area contributed by atoms with Crippen LogP contribution in [0.25, 0.3) is 6.08 Å². The lowest BCUT2D eigenvalue weighted by atomic mass is 10.2. The Balaban J connectivity index is 2.49. The van der Waals surface area contributed by atoms with E-state index in [0.29, 0.717) is 23.3 Å². The van der Waals surface area contributed by atoms with Crippen molar-refractivity contribution in [2.75, 3.05) is 6.54 Å². The van der Waals surface area contributed by atoms with Crippen molar-refractivity contribution < 1.29 is 9.90 Å². The number of aromatic hydroxyl groups is 1. The minimum Gasteiger partial charge on any atom is -0.506 e. The van der Waals surface area contributed by atoms with Gasteiger partial charge >= 0.3 is 0 Å². The first kappa shape index (κ1) is 12.7. The standard InChI is InChI=1S/C11H13BrN2O2/c1-8(15)13-7-3-2-4-9-10(16)5-6-11(12)14-9/h2,4-6,16H,3,7H2,1H3,(H,13,15). The molecule has 1 amide bonds. The van der Waals surface area contributed by atoms with Crippen molar-refractivity contribution in [1.82, 2.24) is 10.3 Å². The zero-order valence-corrected chi connectivity index (χ0v) is 10.5. The van der Waals surface area contributed by atoms with Crippen LogP contribution < -0.4 is 5.32 Å². The van der Waals surface area contributed by atoms with Crippen LogP contribution in [0.3, 0.4) is 0 Å². The molecule has 1 heterocycles. The Morgan fingerprint density at radius 2 is 2.38 bits per heavy atom. The number of rotatable bonds is 4. The van der Waals surface area contributed by atoms with Crippen LogP contribution in [0, 0.1) is 0 Å². The second-order valence-corrected chi connectivity index (χ2v) is 4.02. The van der Waals surface area contributed by atoms with E-state index in [2.05, 4.69) is 26.2 Å². The van der Waals surface area contributed by atoms with Crippen LogP contribution in [0.5, 0.6) is 5.75 Å². The molecule has 4 nitrogen and oxygen atoms in total. The molecule has 0 saturated heterocycles. The van der Waals surface area contributed by atoms with E-state index in [0.717, 1.165) is 0 Å². The van der Waals surface area contributed by atoms with E-state index < -0.39 is 0 Å². The third kappa shape index (κ3) is 4.44. The normalized spacial score (nSPS) is 10.6. The summed E-state index contributed by atoms with van der Waals surface area (Å²) in [6, 6.07) is 3.24. The molecule has 1 aromatic rings. The molecule has 5 heteroatoms. The molecular weight excluding hydrogens is 272 g/mol. The van der Waals surface area contributed by atoms with Crippen molar-refractivity contribution in [3.8, 4) is 5.75 Å². The van der Waals surface area contributed by atoms with Crippen LogP contribution in [-0.2, 0) is 4.79 Å². The molecular formula is C11H13BrN2O2. The Hall–Kier alpha value is -1.36. The van der Waals surface area contributed by atoms with Crippen LogP contribution in [0.1, 0.15) is 19.0 Å². The van der Waals surface area contributed by atoms with Gasteiger partial charge in [0.2, 0.25) is 5.91 Å². The summed E-state index contributed by atoms with van der Waals surface area (Å²) < 4.78 is 0.673. The van der Waals surface area contributed by atoms with Gasteiger partial charge in [0, 0.05) is 13.5 Å². The average molecular weight is 285 g/mol. The lowest BCUT2D eigenvalue weighted by molar-refractivity contribution is -0.118. The number of nitrogens with one attached hydrogen (secondary N) is 1. The minimum absolute atomic E-state index is 0.0446. The molecule has 0 bridgehead atoms. The lowest BCUT2D eigenvalue weighted by Gasteiger charge is -1.99. The highest BCUT2D eigenvalue weighted by Crippen LogP contribution is 2.19. The monoisotopic (exact) mass is 284 g/mol. The largest absolute Gasteiger partial charge is 0.506 e. The fraction of sp³-hybridized carbons (Fsp3) is 0.273. The summed E-state index contributed by atoms with van der Waals surface area (Å²) in [7, 11) is 0. The SMILES string of the molecule is CC(=O)NCCC=Cc1nc(Br)ccc1O. The van der Waals surface area contributed by atoms with E-state index in [9.17, 15) is 9.90 Å². The van der Waals surface area contributed by atoms with E-state index in [1.165, 1.54) is 6.92 Å². The third-order valence-electron chi connectivity index (χ3n) is 1.83. The molecule has 16 heavy (non-hydrogen) atoms. The van der Waals surface area contributed by atoms with Crippen LogP contribution in [0.15, 0.2) is 22.8 Å².